The molecular formula is C45H25N5. The second-order valence-corrected chi connectivity index (χ2v) is 12.2. The van der Waals surface area contributed by atoms with Crippen LogP contribution >= 0.6 is 0 Å². The molecule has 0 bridgehead atoms. The lowest BCUT2D eigenvalue weighted by molar-refractivity contribution is 1.18. The Labute approximate surface area is 288 Å². The number of nitrogens with zero attached hydrogens (tertiary/aromatic N) is 5. The van der Waals surface area contributed by atoms with Crippen molar-refractivity contribution in [2.75, 3.05) is 0 Å². The Morgan fingerprint density at radius 1 is 0.500 bits per heavy atom. The molecular weight excluding hydrogens is 611 g/mol. The van der Waals surface area contributed by atoms with Crippen LogP contribution in [0.3, 0.4) is 0 Å². The number of para-hydroxylation sites is 5. The molecule has 2 heterocycles. The van der Waals surface area contributed by atoms with Crippen LogP contribution < -0.4 is 0 Å². The number of aromatic nitrogens is 2. The molecule has 0 N–H and O–H groups in total. The highest BCUT2D eigenvalue weighted by molar-refractivity contribution is 6.12. The number of hydrogen-bond acceptors (Lipinski definition) is 2. The molecule has 50 heavy (non-hydrogen) atoms. The molecule has 0 aliphatic rings. The number of rotatable bonds is 4. The zero-order valence-electron chi connectivity index (χ0n) is 26.7. The molecule has 9 rings (SSSR count). The van der Waals surface area contributed by atoms with Gasteiger partial charge in [-0.15, -0.1) is 0 Å². The Morgan fingerprint density at radius 2 is 1.10 bits per heavy atom. The maximum Gasteiger partial charge on any atom is 0.211 e. The fraction of sp³-hybridized carbons (Fsp3) is 0. The third-order valence-electron chi connectivity index (χ3n) is 9.64. The molecule has 0 saturated carbocycles. The molecule has 7 aromatic carbocycles. The summed E-state index contributed by atoms with van der Waals surface area (Å²) in [7, 11) is 0. The van der Waals surface area contributed by atoms with Gasteiger partial charge in [0.05, 0.1) is 51.5 Å². The Morgan fingerprint density at radius 3 is 1.74 bits per heavy atom. The molecule has 2 aromatic heterocycles. The second kappa shape index (κ2) is 11.4. The van der Waals surface area contributed by atoms with Crippen molar-refractivity contribution in [3.63, 3.8) is 0 Å². The molecule has 230 valence electrons. The van der Waals surface area contributed by atoms with Crippen molar-refractivity contribution in [2.24, 2.45) is 0 Å². The van der Waals surface area contributed by atoms with Crippen LogP contribution in [0.4, 0.5) is 5.69 Å². The van der Waals surface area contributed by atoms with Crippen LogP contribution in [-0.4, -0.2) is 9.13 Å². The van der Waals surface area contributed by atoms with E-state index in [9.17, 15) is 10.5 Å². The van der Waals surface area contributed by atoms with E-state index in [0.29, 0.717) is 33.6 Å². The largest absolute Gasteiger partial charge is 0.318 e. The van der Waals surface area contributed by atoms with Crippen molar-refractivity contribution in [2.45, 2.75) is 0 Å². The van der Waals surface area contributed by atoms with Crippen LogP contribution in [-0.2, 0) is 0 Å². The minimum absolute atomic E-state index is 0.388. The lowest BCUT2D eigenvalue weighted by atomic mass is 9.87. The highest BCUT2D eigenvalue weighted by Crippen LogP contribution is 2.44. The van der Waals surface area contributed by atoms with Crippen molar-refractivity contribution in [3.8, 4) is 45.8 Å². The first kappa shape index (κ1) is 28.8. The van der Waals surface area contributed by atoms with Gasteiger partial charge in [-0.3, -0.25) is 0 Å². The molecule has 0 spiro atoms. The Kier molecular flexibility index (Phi) is 6.56. The maximum atomic E-state index is 10.9. The van der Waals surface area contributed by atoms with E-state index in [0.717, 1.165) is 60.4 Å². The van der Waals surface area contributed by atoms with Gasteiger partial charge in [-0.1, -0.05) is 103 Å². The summed E-state index contributed by atoms with van der Waals surface area (Å²) in [4.78, 5) is 3.98. The minimum Gasteiger partial charge on any atom is -0.318 e. The van der Waals surface area contributed by atoms with Gasteiger partial charge >= 0.3 is 0 Å². The average molecular weight is 636 g/mol. The summed E-state index contributed by atoms with van der Waals surface area (Å²) in [5, 5.41) is 25.6. The summed E-state index contributed by atoms with van der Waals surface area (Å²) in [5.74, 6) is 0. The van der Waals surface area contributed by atoms with Crippen molar-refractivity contribution < 1.29 is 0 Å². The summed E-state index contributed by atoms with van der Waals surface area (Å²) in [6.45, 7) is 8.21. The number of hydrogen-bond donors (Lipinski definition) is 0. The fourth-order valence-electron chi connectivity index (χ4n) is 7.56. The van der Waals surface area contributed by atoms with E-state index in [2.05, 4.69) is 86.8 Å². The molecule has 0 fully saturated rings. The van der Waals surface area contributed by atoms with Crippen molar-refractivity contribution in [3.05, 3.63) is 174 Å². The molecule has 0 unspecified atom stereocenters. The van der Waals surface area contributed by atoms with Gasteiger partial charge in [-0.2, -0.15) is 10.5 Å². The minimum atomic E-state index is 0.388. The maximum absolute atomic E-state index is 10.9. The number of nitriles is 2. The smallest absolute Gasteiger partial charge is 0.211 e. The van der Waals surface area contributed by atoms with E-state index >= 15 is 0 Å². The lowest BCUT2D eigenvalue weighted by Gasteiger charge is -2.19. The number of fused-ring (bicyclic) bond motifs is 6. The Hall–Kier alpha value is -7.39. The molecule has 5 nitrogen and oxygen atoms in total. The van der Waals surface area contributed by atoms with Gasteiger partial charge in [0.1, 0.15) is 6.07 Å². The average Bonchev–Trinajstić information content (AvgIpc) is 3.69. The van der Waals surface area contributed by atoms with Crippen molar-refractivity contribution >= 4 is 49.3 Å². The normalized spacial score (nSPS) is 11.1. The molecule has 9 aromatic rings. The first-order chi connectivity index (χ1) is 24.7. The monoisotopic (exact) mass is 635 g/mol. The summed E-state index contributed by atoms with van der Waals surface area (Å²) in [5.41, 5.74) is 9.85. The summed E-state index contributed by atoms with van der Waals surface area (Å²) < 4.78 is 4.38. The van der Waals surface area contributed by atoms with Crippen LogP contribution in [0.2, 0.25) is 0 Å². The van der Waals surface area contributed by atoms with Crippen LogP contribution in [0.1, 0.15) is 11.1 Å². The van der Waals surface area contributed by atoms with Gasteiger partial charge in [0.2, 0.25) is 5.69 Å². The molecule has 0 aliphatic carbocycles. The first-order valence-corrected chi connectivity index (χ1v) is 16.3. The van der Waals surface area contributed by atoms with Crippen LogP contribution in [0.25, 0.3) is 82.1 Å². The van der Waals surface area contributed by atoms with Crippen molar-refractivity contribution in [1.82, 2.24) is 9.13 Å². The van der Waals surface area contributed by atoms with E-state index in [1.807, 2.05) is 84.9 Å². The third-order valence-corrected chi connectivity index (χ3v) is 9.64. The van der Waals surface area contributed by atoms with Gasteiger partial charge < -0.3 is 9.13 Å². The van der Waals surface area contributed by atoms with Crippen LogP contribution in [0.15, 0.2) is 152 Å². The van der Waals surface area contributed by atoms with E-state index in [1.54, 1.807) is 6.07 Å². The summed E-state index contributed by atoms with van der Waals surface area (Å²) in [6, 6.07) is 55.3. The SMILES string of the molecule is [C-]#[N+]c1cccc(-c2ccc(C#N)c(-c3ccc4c(c3)c3ccccc3n4-c3ccccc3)c2C#N)c1-n1c2ccccc2c2ccccc21. The second-order valence-electron chi connectivity index (χ2n) is 12.2. The molecule has 0 atom stereocenters. The molecule has 5 heteroatoms. The zero-order valence-corrected chi connectivity index (χ0v) is 26.7. The molecule has 0 aliphatic heterocycles. The lowest BCUT2D eigenvalue weighted by Crippen LogP contribution is -2.00. The predicted octanol–water partition coefficient (Wildman–Crippen LogP) is 11.5. The Balaban J connectivity index is 1.33. The van der Waals surface area contributed by atoms with Gasteiger partial charge in [-0.25, -0.2) is 4.85 Å². The highest BCUT2D eigenvalue weighted by Gasteiger charge is 2.23. The van der Waals surface area contributed by atoms with E-state index in [4.69, 9.17) is 6.57 Å². The third kappa shape index (κ3) is 4.17. The van der Waals surface area contributed by atoms with Crippen LogP contribution in [0.5, 0.6) is 0 Å². The molecule has 0 radical (unpaired) electrons. The van der Waals surface area contributed by atoms with E-state index in [-0.39, 0.29) is 0 Å². The van der Waals surface area contributed by atoms with Gasteiger partial charge in [0.15, 0.2) is 0 Å². The predicted molar refractivity (Wildman–Crippen MR) is 202 cm³/mol. The van der Waals surface area contributed by atoms with E-state index < -0.39 is 0 Å². The number of benzene rings is 7. The molecule has 0 amide bonds. The van der Waals surface area contributed by atoms with Gasteiger partial charge in [0.25, 0.3) is 0 Å². The fourth-order valence-corrected chi connectivity index (χ4v) is 7.56. The standard InChI is InChI=1S/C45H25N5/c1-48-39-18-11-17-36(45(39)50-41-20-9-5-14-33(41)34-15-6-10-21-42(34)50)32-24-22-30(27-46)44(38(32)28-47)29-23-25-43-37(26-29)35-16-7-8-19-40(35)49(43)31-12-3-2-4-13-31/h2-26H. The topological polar surface area (TPSA) is 61.8 Å². The Bertz CT molecular complexity index is 2910. The zero-order chi connectivity index (χ0) is 33.8. The van der Waals surface area contributed by atoms with E-state index in [1.165, 1.54) is 0 Å². The highest BCUT2D eigenvalue weighted by atomic mass is 15.0. The quantitative estimate of drug-likeness (QED) is 0.181. The summed E-state index contributed by atoms with van der Waals surface area (Å²) >= 11 is 0. The summed E-state index contributed by atoms with van der Waals surface area (Å²) in [6.07, 6.45) is 0. The first-order valence-electron chi connectivity index (χ1n) is 16.3. The van der Waals surface area contributed by atoms with Gasteiger partial charge in [0, 0.05) is 38.4 Å². The van der Waals surface area contributed by atoms with Gasteiger partial charge in [-0.05, 0) is 59.7 Å². The van der Waals surface area contributed by atoms with Crippen LogP contribution in [0, 0.1) is 29.2 Å². The van der Waals surface area contributed by atoms with Crippen molar-refractivity contribution in [1.29, 1.82) is 10.5 Å². The molecule has 0 saturated heterocycles.